The standard InChI is InChI=1S/C3H3O.Fe.2Ni/c1-2-3-4;;;/h2H,1H2;;;/q-1;;;. The maximum Gasteiger partial charge on any atom is 0 e. The predicted molar refractivity (Wildman–Crippen MR) is 15.9 cm³/mol. The van der Waals surface area contributed by atoms with E-state index >= 15 is 0 Å². The molecule has 4 heteroatoms. The van der Waals surface area contributed by atoms with Crippen molar-refractivity contribution in [3.8, 4) is 0 Å². The molecule has 7 heavy (non-hydrogen) atoms. The van der Waals surface area contributed by atoms with Crippen LogP contribution in [0.25, 0.3) is 0 Å². The van der Waals surface area contributed by atoms with Crippen molar-refractivity contribution in [3.05, 3.63) is 12.7 Å². The van der Waals surface area contributed by atoms with Gasteiger partial charge < -0.3 is 4.79 Å². The molecule has 0 aromatic carbocycles. The number of allylic oxidation sites excluding steroid dienone is 1. The summed E-state index contributed by atoms with van der Waals surface area (Å²) in [4.78, 5) is 8.93. The van der Waals surface area contributed by atoms with Crippen LogP contribution in [0.1, 0.15) is 0 Å². The van der Waals surface area contributed by atoms with Gasteiger partial charge in [0.25, 0.3) is 0 Å². The van der Waals surface area contributed by atoms with Crippen LogP contribution < -0.4 is 0 Å². The molecule has 1 nitrogen and oxygen atoms in total. The molecule has 0 aliphatic heterocycles. The topological polar surface area (TPSA) is 17.1 Å². The second kappa shape index (κ2) is 28.5. The van der Waals surface area contributed by atoms with Gasteiger partial charge in [-0.1, -0.05) is 0 Å². The van der Waals surface area contributed by atoms with E-state index in [1.54, 1.807) is 0 Å². The Balaban J connectivity index is -0.0000000150. The average molecular weight is 228 g/mol. The van der Waals surface area contributed by atoms with Crippen LogP contribution >= 0.6 is 0 Å². The molecule has 0 bridgehead atoms. The summed E-state index contributed by atoms with van der Waals surface area (Å²) in [7, 11) is 0. The van der Waals surface area contributed by atoms with Gasteiger partial charge >= 0.3 is 0 Å². The molecule has 0 aromatic heterocycles. The first-order valence-corrected chi connectivity index (χ1v) is 0.901. The van der Waals surface area contributed by atoms with Crippen molar-refractivity contribution >= 4 is 6.29 Å². The Hall–Kier alpha value is 0.916. The molecular weight excluding hydrogens is 225 g/mol. The van der Waals surface area contributed by atoms with Gasteiger partial charge in [0.05, 0.1) is 0 Å². The van der Waals surface area contributed by atoms with Crippen LogP contribution in [-0.2, 0) is 54.8 Å². The van der Waals surface area contributed by atoms with Crippen LogP contribution in [0.5, 0.6) is 0 Å². The molecule has 0 amide bonds. The Morgan fingerprint density at radius 3 is 1.57 bits per heavy atom. The minimum absolute atomic E-state index is 0. The molecule has 0 aliphatic rings. The maximum absolute atomic E-state index is 8.93. The molecule has 0 atom stereocenters. The molecule has 0 rings (SSSR count). The zero-order chi connectivity index (χ0) is 3.41. The van der Waals surface area contributed by atoms with Crippen LogP contribution in [0.3, 0.4) is 0 Å². The van der Waals surface area contributed by atoms with Crippen molar-refractivity contribution in [2.24, 2.45) is 0 Å². The van der Waals surface area contributed by atoms with Gasteiger partial charge in [0.1, 0.15) is 0 Å². The molecule has 0 aliphatic carbocycles. The molecule has 0 aromatic rings. The van der Waals surface area contributed by atoms with Crippen molar-refractivity contribution in [3.63, 3.8) is 0 Å². The minimum Gasteiger partial charge on any atom is -0.419 e. The fourth-order valence-corrected chi connectivity index (χ4v) is 0. The Kier molecular flexibility index (Phi) is 100. The maximum atomic E-state index is 8.93. The summed E-state index contributed by atoms with van der Waals surface area (Å²) in [6.07, 6.45) is 2.51. The fraction of sp³-hybridized carbons (Fsp3) is 0. The van der Waals surface area contributed by atoms with Crippen LogP contribution in [0.2, 0.25) is 0 Å². The summed E-state index contributed by atoms with van der Waals surface area (Å²) in [5, 5.41) is 0. The molecule has 0 unspecified atom stereocenters. The number of carbonyl (C=O) groups excluding carboxylic acids is 1. The van der Waals surface area contributed by atoms with E-state index in [2.05, 4.69) is 6.58 Å². The molecule has 0 spiro atoms. The summed E-state index contributed by atoms with van der Waals surface area (Å²) < 4.78 is 0. The predicted octanol–water partition coefficient (Wildman–Crippen LogP) is 0.275. The van der Waals surface area contributed by atoms with E-state index in [1.807, 2.05) is 0 Å². The zero-order valence-corrected chi connectivity index (χ0v) is 6.26. The number of hydrogen-bond donors (Lipinski definition) is 0. The van der Waals surface area contributed by atoms with Gasteiger partial charge in [0, 0.05) is 50.1 Å². The Bertz CT molecular complexity index is 33.9. The molecule has 0 N–H and O–H groups in total. The zero-order valence-electron chi connectivity index (χ0n) is 3.18. The summed E-state index contributed by atoms with van der Waals surface area (Å²) >= 11 is 0. The van der Waals surface area contributed by atoms with E-state index in [1.165, 1.54) is 6.29 Å². The number of rotatable bonds is 1. The van der Waals surface area contributed by atoms with Crippen molar-refractivity contribution in [1.29, 1.82) is 0 Å². The SMILES string of the molecule is C=C[C-]=O.[Fe].[Ni].[Ni]. The third-order valence-corrected chi connectivity index (χ3v) is 0.0833. The van der Waals surface area contributed by atoms with E-state index in [0.717, 1.165) is 6.08 Å². The largest absolute Gasteiger partial charge is 0.419 e. The van der Waals surface area contributed by atoms with Gasteiger partial charge in [-0.25, -0.2) is 12.7 Å². The first-order valence-electron chi connectivity index (χ1n) is 0.901. The summed E-state index contributed by atoms with van der Waals surface area (Å²) in [5.41, 5.74) is 0. The second-order valence-corrected chi connectivity index (χ2v) is 0.322. The van der Waals surface area contributed by atoms with Crippen LogP contribution in [0.4, 0.5) is 0 Å². The Morgan fingerprint density at radius 2 is 1.57 bits per heavy atom. The van der Waals surface area contributed by atoms with Crippen LogP contribution in [0, 0.1) is 0 Å². The summed E-state index contributed by atoms with van der Waals surface area (Å²) in [6.45, 7) is 3.06. The van der Waals surface area contributed by atoms with Gasteiger partial charge in [-0.15, -0.1) is 0 Å². The smallest absolute Gasteiger partial charge is 0 e. The van der Waals surface area contributed by atoms with E-state index in [0.29, 0.717) is 0 Å². The number of hydrogen-bond acceptors (Lipinski definition) is 1. The quantitative estimate of drug-likeness (QED) is 0.358. The molecular formula is C3H3FeNi2O-. The van der Waals surface area contributed by atoms with Gasteiger partial charge in [-0.2, -0.15) is 0 Å². The van der Waals surface area contributed by atoms with E-state index in [9.17, 15) is 0 Å². The Labute approximate surface area is 73.6 Å². The molecule has 0 saturated carbocycles. The molecule has 0 fully saturated rings. The van der Waals surface area contributed by atoms with Crippen molar-refractivity contribution in [2.45, 2.75) is 0 Å². The first kappa shape index (κ1) is 24.7. The van der Waals surface area contributed by atoms with Crippen molar-refractivity contribution in [1.82, 2.24) is 0 Å². The van der Waals surface area contributed by atoms with E-state index in [-0.39, 0.29) is 50.1 Å². The third kappa shape index (κ3) is 45.5. The minimum atomic E-state index is 0. The third-order valence-electron chi connectivity index (χ3n) is 0.0833. The summed E-state index contributed by atoms with van der Waals surface area (Å²) in [5.74, 6) is 0. The van der Waals surface area contributed by atoms with E-state index in [4.69, 9.17) is 4.79 Å². The van der Waals surface area contributed by atoms with Gasteiger partial charge in [0.15, 0.2) is 0 Å². The van der Waals surface area contributed by atoms with Crippen molar-refractivity contribution < 1.29 is 54.8 Å². The fourth-order valence-electron chi connectivity index (χ4n) is 0. The molecule has 0 saturated heterocycles. The Morgan fingerprint density at radius 1 is 1.43 bits per heavy atom. The van der Waals surface area contributed by atoms with Crippen molar-refractivity contribution in [2.75, 3.05) is 0 Å². The van der Waals surface area contributed by atoms with Gasteiger partial charge in [-0.3, -0.25) is 0 Å². The molecule has 0 radical (unpaired) electrons. The van der Waals surface area contributed by atoms with Crippen LogP contribution in [0.15, 0.2) is 12.7 Å². The molecule has 0 heterocycles. The molecule has 50 valence electrons. The normalized spacial score (nSPS) is 2.86. The van der Waals surface area contributed by atoms with E-state index < -0.39 is 0 Å². The second-order valence-electron chi connectivity index (χ2n) is 0.322. The average Bonchev–Trinajstić information content (AvgIpc) is 1.37. The van der Waals surface area contributed by atoms with Gasteiger partial charge in [-0.05, 0) is 6.29 Å². The summed E-state index contributed by atoms with van der Waals surface area (Å²) in [6, 6.07) is 0. The monoisotopic (exact) mass is 227 g/mol. The van der Waals surface area contributed by atoms with Gasteiger partial charge in [0.2, 0.25) is 0 Å². The first-order chi connectivity index (χ1) is 1.91. The van der Waals surface area contributed by atoms with Crippen LogP contribution in [-0.4, -0.2) is 6.29 Å².